The van der Waals surface area contributed by atoms with Crippen LogP contribution in [0.2, 0.25) is 0 Å². The van der Waals surface area contributed by atoms with E-state index in [-0.39, 0.29) is 5.91 Å². The molecule has 1 aromatic rings. The van der Waals surface area contributed by atoms with Gasteiger partial charge < -0.3 is 11.1 Å². The molecule has 3 rings (SSSR count). The van der Waals surface area contributed by atoms with E-state index in [1.54, 1.807) is 0 Å². The molecule has 1 amide bonds. The summed E-state index contributed by atoms with van der Waals surface area (Å²) in [6.07, 6.45) is 6.52. The van der Waals surface area contributed by atoms with E-state index in [2.05, 4.69) is 10.2 Å². The van der Waals surface area contributed by atoms with Gasteiger partial charge in [0.05, 0.1) is 6.54 Å². The summed E-state index contributed by atoms with van der Waals surface area (Å²) >= 11 is 0. The third kappa shape index (κ3) is 2.96. The van der Waals surface area contributed by atoms with Gasteiger partial charge in [-0.15, -0.1) is 0 Å². The predicted octanol–water partition coefficient (Wildman–Crippen LogP) is 2.47. The lowest BCUT2D eigenvalue weighted by atomic mass is 9.92. The van der Waals surface area contributed by atoms with Crippen LogP contribution in [0.4, 0.5) is 11.4 Å². The van der Waals surface area contributed by atoms with Crippen molar-refractivity contribution >= 4 is 17.3 Å². The molecule has 20 heavy (non-hydrogen) atoms. The molecule has 1 saturated heterocycles. The Bertz CT molecular complexity index is 471. The fourth-order valence-electron chi connectivity index (χ4n) is 3.70. The molecule has 2 atom stereocenters. The highest BCUT2D eigenvalue weighted by atomic mass is 16.2. The van der Waals surface area contributed by atoms with E-state index in [0.29, 0.717) is 18.3 Å². The molecule has 4 heteroatoms. The molecule has 2 aliphatic rings. The molecule has 108 valence electrons. The summed E-state index contributed by atoms with van der Waals surface area (Å²) < 4.78 is 0. The van der Waals surface area contributed by atoms with Crippen LogP contribution in [0.15, 0.2) is 24.3 Å². The first-order valence-electron chi connectivity index (χ1n) is 7.62. The summed E-state index contributed by atoms with van der Waals surface area (Å²) in [6, 6.07) is 7.96. The average molecular weight is 273 g/mol. The Hall–Kier alpha value is -1.55. The van der Waals surface area contributed by atoms with Crippen molar-refractivity contribution in [1.82, 2.24) is 4.90 Å². The van der Waals surface area contributed by atoms with Gasteiger partial charge in [-0.3, -0.25) is 9.69 Å². The number of nitrogens with two attached hydrogens (primary N) is 1. The molecule has 0 aromatic heterocycles. The van der Waals surface area contributed by atoms with Crippen molar-refractivity contribution in [1.29, 1.82) is 0 Å². The molecular formula is C16H23N3O. The highest BCUT2D eigenvalue weighted by Gasteiger charge is 2.35. The fourth-order valence-corrected chi connectivity index (χ4v) is 3.70. The zero-order chi connectivity index (χ0) is 13.9. The second kappa shape index (κ2) is 5.83. The summed E-state index contributed by atoms with van der Waals surface area (Å²) in [5.41, 5.74) is 7.18. The van der Waals surface area contributed by atoms with Crippen LogP contribution in [0.25, 0.3) is 0 Å². The van der Waals surface area contributed by atoms with Gasteiger partial charge in [-0.1, -0.05) is 6.42 Å². The topological polar surface area (TPSA) is 58.4 Å². The molecule has 1 heterocycles. The van der Waals surface area contributed by atoms with Gasteiger partial charge in [0.25, 0.3) is 0 Å². The first-order chi connectivity index (χ1) is 9.72. The zero-order valence-corrected chi connectivity index (χ0v) is 11.8. The molecule has 2 unspecified atom stereocenters. The second-order valence-corrected chi connectivity index (χ2v) is 6.04. The van der Waals surface area contributed by atoms with E-state index in [0.717, 1.165) is 18.2 Å². The third-order valence-electron chi connectivity index (χ3n) is 4.65. The Morgan fingerprint density at radius 2 is 1.95 bits per heavy atom. The molecule has 0 spiro atoms. The highest BCUT2D eigenvalue weighted by molar-refractivity contribution is 5.92. The lowest BCUT2D eigenvalue weighted by Gasteiger charge is -2.37. The Balaban J connectivity index is 1.57. The van der Waals surface area contributed by atoms with E-state index in [1.807, 2.05) is 24.3 Å². The molecule has 1 aromatic carbocycles. The number of carbonyl (C=O) groups excluding carboxylic acids is 1. The van der Waals surface area contributed by atoms with E-state index >= 15 is 0 Å². The predicted molar refractivity (Wildman–Crippen MR) is 81.4 cm³/mol. The number of hydrogen-bond donors (Lipinski definition) is 2. The van der Waals surface area contributed by atoms with Gasteiger partial charge in [0, 0.05) is 17.4 Å². The van der Waals surface area contributed by atoms with Crippen LogP contribution >= 0.6 is 0 Å². The maximum Gasteiger partial charge on any atom is 0.238 e. The Morgan fingerprint density at radius 1 is 1.20 bits per heavy atom. The van der Waals surface area contributed by atoms with Gasteiger partial charge >= 0.3 is 0 Å². The normalized spacial score (nSPS) is 26.2. The lowest BCUT2D eigenvalue weighted by molar-refractivity contribution is -0.118. The first-order valence-corrected chi connectivity index (χ1v) is 7.62. The first kappa shape index (κ1) is 13.4. The molecule has 1 aliphatic heterocycles. The maximum atomic E-state index is 12.2. The number of carbonyl (C=O) groups is 1. The molecule has 4 nitrogen and oxygen atoms in total. The van der Waals surface area contributed by atoms with Crippen molar-refractivity contribution in [2.75, 3.05) is 24.1 Å². The minimum Gasteiger partial charge on any atom is -0.399 e. The lowest BCUT2D eigenvalue weighted by Crippen LogP contribution is -2.46. The Morgan fingerprint density at radius 3 is 2.75 bits per heavy atom. The van der Waals surface area contributed by atoms with E-state index in [1.165, 1.54) is 32.1 Å². The van der Waals surface area contributed by atoms with Crippen molar-refractivity contribution in [3.05, 3.63) is 24.3 Å². The summed E-state index contributed by atoms with van der Waals surface area (Å²) in [6.45, 7) is 1.59. The second-order valence-electron chi connectivity index (χ2n) is 6.04. The van der Waals surface area contributed by atoms with Crippen LogP contribution in [0, 0.1) is 5.92 Å². The smallest absolute Gasteiger partial charge is 0.238 e. The van der Waals surface area contributed by atoms with Gasteiger partial charge in [0.2, 0.25) is 5.91 Å². The van der Waals surface area contributed by atoms with Crippen LogP contribution in [0.1, 0.15) is 32.1 Å². The SMILES string of the molecule is Nc1ccc(NC(=O)CN2CCCC3CCCC32)cc1. The molecule has 1 saturated carbocycles. The number of rotatable bonds is 3. The fraction of sp³-hybridized carbons (Fsp3) is 0.562. The van der Waals surface area contributed by atoms with Crippen molar-refractivity contribution in [3.8, 4) is 0 Å². The van der Waals surface area contributed by atoms with Crippen molar-refractivity contribution in [3.63, 3.8) is 0 Å². The van der Waals surface area contributed by atoms with Crippen molar-refractivity contribution in [2.24, 2.45) is 5.92 Å². The van der Waals surface area contributed by atoms with Crippen LogP contribution < -0.4 is 11.1 Å². The number of hydrogen-bond acceptors (Lipinski definition) is 3. The molecule has 2 fully saturated rings. The quantitative estimate of drug-likeness (QED) is 0.832. The summed E-state index contributed by atoms with van der Waals surface area (Å²) in [5, 5.41) is 2.96. The van der Waals surface area contributed by atoms with Crippen LogP contribution in [0.3, 0.4) is 0 Å². The van der Waals surface area contributed by atoms with E-state index in [4.69, 9.17) is 5.73 Å². The number of likely N-dealkylation sites (tertiary alicyclic amines) is 1. The minimum atomic E-state index is 0.0855. The van der Waals surface area contributed by atoms with Crippen LogP contribution in [0.5, 0.6) is 0 Å². The van der Waals surface area contributed by atoms with Gasteiger partial charge in [-0.25, -0.2) is 0 Å². The number of anilines is 2. The molecule has 3 N–H and O–H groups in total. The number of nitrogen functional groups attached to an aromatic ring is 1. The third-order valence-corrected chi connectivity index (χ3v) is 4.65. The minimum absolute atomic E-state index is 0.0855. The molecule has 0 bridgehead atoms. The number of nitrogens with one attached hydrogen (secondary N) is 1. The monoisotopic (exact) mass is 273 g/mol. The van der Waals surface area contributed by atoms with Crippen LogP contribution in [-0.2, 0) is 4.79 Å². The molecule has 1 aliphatic carbocycles. The summed E-state index contributed by atoms with van der Waals surface area (Å²) in [7, 11) is 0. The largest absolute Gasteiger partial charge is 0.399 e. The molecular weight excluding hydrogens is 250 g/mol. The van der Waals surface area contributed by atoms with Gasteiger partial charge in [-0.2, -0.15) is 0 Å². The van der Waals surface area contributed by atoms with Crippen LogP contribution in [-0.4, -0.2) is 29.9 Å². The summed E-state index contributed by atoms with van der Waals surface area (Å²) in [4.78, 5) is 14.6. The van der Waals surface area contributed by atoms with Gasteiger partial charge in [0.1, 0.15) is 0 Å². The van der Waals surface area contributed by atoms with Gasteiger partial charge in [-0.05, 0) is 62.4 Å². The number of fused-ring (bicyclic) bond motifs is 1. The standard InChI is InChI=1S/C16H23N3O/c17-13-6-8-14(9-7-13)18-16(20)11-19-10-2-4-12-3-1-5-15(12)19/h6-9,12,15H,1-5,10-11,17H2,(H,18,20). The number of nitrogens with zero attached hydrogens (tertiary/aromatic N) is 1. The Kier molecular flexibility index (Phi) is 3.92. The number of benzene rings is 1. The summed E-state index contributed by atoms with van der Waals surface area (Å²) in [5.74, 6) is 0.912. The van der Waals surface area contributed by atoms with E-state index < -0.39 is 0 Å². The highest BCUT2D eigenvalue weighted by Crippen LogP contribution is 2.36. The van der Waals surface area contributed by atoms with Crippen molar-refractivity contribution < 1.29 is 4.79 Å². The zero-order valence-electron chi connectivity index (χ0n) is 11.8. The number of amides is 1. The molecule has 0 radical (unpaired) electrons. The Labute approximate surface area is 120 Å². The number of piperidine rings is 1. The van der Waals surface area contributed by atoms with Gasteiger partial charge in [0.15, 0.2) is 0 Å². The van der Waals surface area contributed by atoms with E-state index in [9.17, 15) is 4.79 Å². The maximum absolute atomic E-state index is 12.2. The van der Waals surface area contributed by atoms with Crippen molar-refractivity contribution in [2.45, 2.75) is 38.1 Å². The average Bonchev–Trinajstić information content (AvgIpc) is 2.91.